The Morgan fingerprint density at radius 3 is 2.19 bits per heavy atom. The zero-order valence-corrected chi connectivity index (χ0v) is 13.9. The summed E-state index contributed by atoms with van der Waals surface area (Å²) in [5, 5.41) is 0. The number of carbonyl (C=O) groups is 2. The summed E-state index contributed by atoms with van der Waals surface area (Å²) >= 11 is 0. The van der Waals surface area contributed by atoms with E-state index in [1.165, 1.54) is 11.3 Å². The van der Waals surface area contributed by atoms with Gasteiger partial charge in [-0.15, -0.1) is 0 Å². The highest BCUT2D eigenvalue weighted by Crippen LogP contribution is 2.38. The molecule has 1 fully saturated rings. The average molecular weight is 297 g/mol. The Morgan fingerprint density at radius 2 is 1.71 bits per heavy atom. The molecule has 122 valence electrons. The molecule has 0 spiro atoms. The number of amides is 2. The van der Waals surface area contributed by atoms with Gasteiger partial charge >= 0.3 is 0 Å². The number of hydrogen-bond donors (Lipinski definition) is 1. The van der Waals surface area contributed by atoms with Crippen LogP contribution in [0.5, 0.6) is 0 Å². The minimum Gasteiger partial charge on any atom is -0.347 e. The van der Waals surface area contributed by atoms with Gasteiger partial charge in [-0.3, -0.25) is 9.59 Å². The predicted molar refractivity (Wildman–Crippen MR) is 84.8 cm³/mol. The molecule has 0 saturated heterocycles. The van der Waals surface area contributed by atoms with Crippen molar-refractivity contribution in [1.29, 1.82) is 0 Å². The van der Waals surface area contributed by atoms with Crippen LogP contribution in [0.15, 0.2) is 0 Å². The second-order valence-electron chi connectivity index (χ2n) is 6.55. The van der Waals surface area contributed by atoms with Crippen molar-refractivity contribution in [2.45, 2.75) is 51.9 Å². The van der Waals surface area contributed by atoms with Gasteiger partial charge in [-0.05, 0) is 31.2 Å². The van der Waals surface area contributed by atoms with E-state index in [1.54, 1.807) is 19.0 Å². The van der Waals surface area contributed by atoms with E-state index in [0.717, 1.165) is 32.1 Å². The van der Waals surface area contributed by atoms with Crippen molar-refractivity contribution < 1.29 is 9.59 Å². The molecule has 21 heavy (non-hydrogen) atoms. The van der Waals surface area contributed by atoms with Gasteiger partial charge < -0.3 is 15.5 Å². The van der Waals surface area contributed by atoms with Gasteiger partial charge in [0.25, 0.3) is 0 Å². The second-order valence-corrected chi connectivity index (χ2v) is 6.55. The largest absolute Gasteiger partial charge is 0.347 e. The van der Waals surface area contributed by atoms with Crippen LogP contribution in [0.3, 0.4) is 0 Å². The number of likely N-dealkylation sites (N-methyl/N-ethyl adjacent to an activating group) is 1. The van der Waals surface area contributed by atoms with Crippen molar-refractivity contribution >= 4 is 11.8 Å². The molecule has 0 aromatic heterocycles. The molecule has 0 aromatic rings. The topological polar surface area (TPSA) is 66.6 Å². The number of nitrogens with two attached hydrogens (primary N) is 1. The Kier molecular flexibility index (Phi) is 7.15. The summed E-state index contributed by atoms with van der Waals surface area (Å²) in [5.74, 6) is 0.0571. The number of nitrogens with zero attached hydrogens (tertiary/aromatic N) is 2. The number of rotatable bonds is 7. The van der Waals surface area contributed by atoms with Gasteiger partial charge in [-0.2, -0.15) is 0 Å². The van der Waals surface area contributed by atoms with Crippen molar-refractivity contribution in [3.05, 3.63) is 0 Å². The van der Waals surface area contributed by atoms with Crippen molar-refractivity contribution in [2.24, 2.45) is 11.1 Å². The van der Waals surface area contributed by atoms with Crippen LogP contribution in [0, 0.1) is 5.41 Å². The van der Waals surface area contributed by atoms with Crippen molar-refractivity contribution in [2.75, 3.05) is 33.7 Å². The lowest BCUT2D eigenvalue weighted by Crippen LogP contribution is -2.44. The molecule has 0 unspecified atom stereocenters. The van der Waals surface area contributed by atoms with Crippen LogP contribution < -0.4 is 5.73 Å². The van der Waals surface area contributed by atoms with Crippen LogP contribution in [0.25, 0.3) is 0 Å². The fourth-order valence-corrected chi connectivity index (χ4v) is 3.05. The van der Waals surface area contributed by atoms with E-state index in [9.17, 15) is 9.59 Å². The van der Waals surface area contributed by atoms with Gasteiger partial charge in [0, 0.05) is 27.1 Å². The third-order valence-corrected chi connectivity index (χ3v) is 4.54. The van der Waals surface area contributed by atoms with Crippen LogP contribution in [0.2, 0.25) is 0 Å². The lowest BCUT2D eigenvalue weighted by molar-refractivity contribution is -0.141. The van der Waals surface area contributed by atoms with Gasteiger partial charge in [0.2, 0.25) is 11.8 Å². The van der Waals surface area contributed by atoms with E-state index in [1.807, 2.05) is 6.92 Å². The van der Waals surface area contributed by atoms with Crippen molar-refractivity contribution in [3.63, 3.8) is 0 Å². The Hall–Kier alpha value is -1.10. The van der Waals surface area contributed by atoms with E-state index in [0.29, 0.717) is 19.5 Å². The van der Waals surface area contributed by atoms with E-state index < -0.39 is 0 Å². The molecule has 5 heteroatoms. The van der Waals surface area contributed by atoms with Crippen LogP contribution in [0.1, 0.15) is 51.9 Å². The highest BCUT2D eigenvalue weighted by atomic mass is 16.2. The number of carbonyl (C=O) groups excluding carboxylic acids is 2. The minimum atomic E-state index is -0.0392. The smallest absolute Gasteiger partial charge is 0.241 e. The van der Waals surface area contributed by atoms with Gasteiger partial charge in [0.05, 0.1) is 6.54 Å². The molecular weight excluding hydrogens is 266 g/mol. The maximum atomic E-state index is 12.6. The first kappa shape index (κ1) is 18.0. The third kappa shape index (κ3) is 5.30. The summed E-state index contributed by atoms with van der Waals surface area (Å²) in [4.78, 5) is 27.7. The normalized spacial score (nSPS) is 17.3. The Morgan fingerprint density at radius 1 is 1.10 bits per heavy atom. The molecule has 1 aliphatic carbocycles. The summed E-state index contributed by atoms with van der Waals surface area (Å²) in [7, 11) is 3.44. The summed E-state index contributed by atoms with van der Waals surface area (Å²) in [6, 6.07) is 0. The average Bonchev–Trinajstić information content (AvgIpc) is 2.47. The van der Waals surface area contributed by atoms with Crippen molar-refractivity contribution in [3.8, 4) is 0 Å². The maximum absolute atomic E-state index is 12.6. The van der Waals surface area contributed by atoms with E-state index in [-0.39, 0.29) is 23.8 Å². The first-order chi connectivity index (χ1) is 9.94. The molecule has 0 heterocycles. The summed E-state index contributed by atoms with van der Waals surface area (Å²) < 4.78 is 0. The standard InChI is InChI=1S/C16H31N3O2/c1-4-10-19(12-15(21)18(2)3)14(20)11-16(13-17)8-6-5-7-9-16/h4-13,17H2,1-3H3. The molecule has 2 amide bonds. The highest BCUT2D eigenvalue weighted by Gasteiger charge is 2.34. The summed E-state index contributed by atoms with van der Waals surface area (Å²) in [5.41, 5.74) is 5.93. The lowest BCUT2D eigenvalue weighted by Gasteiger charge is -2.37. The molecule has 0 bridgehead atoms. The molecule has 0 aliphatic heterocycles. The molecule has 5 nitrogen and oxygen atoms in total. The number of hydrogen-bond acceptors (Lipinski definition) is 3. The molecular formula is C16H31N3O2. The molecule has 1 saturated carbocycles. The third-order valence-electron chi connectivity index (χ3n) is 4.54. The van der Waals surface area contributed by atoms with Gasteiger partial charge in [-0.25, -0.2) is 0 Å². The van der Waals surface area contributed by atoms with Crippen LogP contribution >= 0.6 is 0 Å². The van der Waals surface area contributed by atoms with Gasteiger partial charge in [-0.1, -0.05) is 26.2 Å². The van der Waals surface area contributed by atoms with Gasteiger partial charge in [0.1, 0.15) is 0 Å². The minimum absolute atomic E-state index is 0.0257. The SMILES string of the molecule is CCCN(CC(=O)N(C)C)C(=O)CC1(CN)CCCCC1. The molecule has 0 radical (unpaired) electrons. The van der Waals surface area contributed by atoms with Crippen LogP contribution in [-0.4, -0.2) is 55.3 Å². The van der Waals surface area contributed by atoms with Crippen LogP contribution in [-0.2, 0) is 9.59 Å². The molecule has 0 aromatic carbocycles. The first-order valence-corrected chi connectivity index (χ1v) is 8.12. The molecule has 0 atom stereocenters. The van der Waals surface area contributed by atoms with E-state index in [4.69, 9.17) is 5.73 Å². The Balaban J connectivity index is 2.68. The first-order valence-electron chi connectivity index (χ1n) is 8.12. The molecule has 1 rings (SSSR count). The Labute approximate surface area is 128 Å². The summed E-state index contributed by atoms with van der Waals surface area (Å²) in [6.45, 7) is 3.42. The van der Waals surface area contributed by atoms with E-state index in [2.05, 4.69) is 0 Å². The van der Waals surface area contributed by atoms with Crippen LogP contribution in [0.4, 0.5) is 0 Å². The fourth-order valence-electron chi connectivity index (χ4n) is 3.05. The lowest BCUT2D eigenvalue weighted by atomic mass is 9.71. The monoisotopic (exact) mass is 297 g/mol. The second kappa shape index (κ2) is 8.37. The predicted octanol–water partition coefficient (Wildman–Crippen LogP) is 1.61. The zero-order chi connectivity index (χ0) is 15.9. The van der Waals surface area contributed by atoms with Crippen molar-refractivity contribution in [1.82, 2.24) is 9.80 Å². The Bertz CT molecular complexity index is 349. The zero-order valence-electron chi connectivity index (χ0n) is 13.9. The van der Waals surface area contributed by atoms with E-state index >= 15 is 0 Å². The molecule has 2 N–H and O–H groups in total. The summed E-state index contributed by atoms with van der Waals surface area (Å²) in [6.07, 6.45) is 7.00. The highest BCUT2D eigenvalue weighted by molar-refractivity contribution is 5.84. The quantitative estimate of drug-likeness (QED) is 0.776. The maximum Gasteiger partial charge on any atom is 0.241 e. The molecule has 1 aliphatic rings. The fraction of sp³-hybridized carbons (Fsp3) is 0.875. The van der Waals surface area contributed by atoms with Gasteiger partial charge in [0.15, 0.2) is 0 Å².